The number of rotatable bonds is 4. The van der Waals surface area contributed by atoms with E-state index in [9.17, 15) is 0 Å². The highest BCUT2D eigenvalue weighted by Gasteiger charge is 2.23. The number of nitrogen functional groups attached to an aromatic ring is 1. The number of unbranched alkanes of at least 4 members (excludes halogenated alkanes) is 1. The Labute approximate surface area is 110 Å². The Balaban J connectivity index is 2.14. The summed E-state index contributed by atoms with van der Waals surface area (Å²) in [6, 6.07) is 2.77. The van der Waals surface area contributed by atoms with Gasteiger partial charge in [-0.15, -0.1) is 0 Å². The number of likely N-dealkylation sites (tertiary alicyclic amines) is 1. The van der Waals surface area contributed by atoms with Gasteiger partial charge in [0.1, 0.15) is 5.82 Å². The average molecular weight is 247 g/mol. The zero-order valence-electron chi connectivity index (χ0n) is 11.7. The van der Waals surface area contributed by atoms with Crippen molar-refractivity contribution in [3.63, 3.8) is 0 Å². The summed E-state index contributed by atoms with van der Waals surface area (Å²) in [6.45, 7) is 6.75. The maximum absolute atomic E-state index is 5.81. The lowest BCUT2D eigenvalue weighted by molar-refractivity contribution is 0.146. The average Bonchev–Trinajstić information content (AvgIpc) is 2.40. The van der Waals surface area contributed by atoms with Gasteiger partial charge in [0.2, 0.25) is 0 Å². The van der Waals surface area contributed by atoms with Gasteiger partial charge in [0.15, 0.2) is 0 Å². The van der Waals surface area contributed by atoms with E-state index < -0.39 is 0 Å². The molecule has 0 aliphatic carbocycles. The molecule has 0 saturated carbocycles. The summed E-state index contributed by atoms with van der Waals surface area (Å²) in [5.41, 5.74) is 8.26. The van der Waals surface area contributed by atoms with E-state index in [0.717, 1.165) is 5.56 Å². The van der Waals surface area contributed by atoms with E-state index in [0.29, 0.717) is 11.9 Å². The Morgan fingerprint density at radius 3 is 3.00 bits per heavy atom. The van der Waals surface area contributed by atoms with Crippen molar-refractivity contribution < 1.29 is 0 Å². The van der Waals surface area contributed by atoms with Crippen molar-refractivity contribution in [2.24, 2.45) is 0 Å². The zero-order chi connectivity index (χ0) is 13.0. The molecule has 1 fully saturated rings. The topological polar surface area (TPSA) is 42.2 Å². The van der Waals surface area contributed by atoms with Gasteiger partial charge < -0.3 is 5.73 Å². The van der Waals surface area contributed by atoms with E-state index in [4.69, 9.17) is 5.73 Å². The van der Waals surface area contributed by atoms with Gasteiger partial charge in [0, 0.05) is 12.2 Å². The lowest BCUT2D eigenvalue weighted by atomic mass is 9.95. The quantitative estimate of drug-likeness (QED) is 0.887. The fourth-order valence-corrected chi connectivity index (χ4v) is 2.79. The maximum Gasteiger partial charge on any atom is 0.126 e. The van der Waals surface area contributed by atoms with Crippen molar-refractivity contribution in [1.82, 2.24) is 9.88 Å². The molecule has 100 valence electrons. The molecular formula is C15H25N3. The molecule has 3 heteroatoms. The van der Waals surface area contributed by atoms with E-state index in [1.165, 1.54) is 50.8 Å². The Hall–Kier alpha value is -1.09. The molecule has 1 atom stereocenters. The number of anilines is 1. The van der Waals surface area contributed by atoms with Crippen molar-refractivity contribution in [1.29, 1.82) is 0 Å². The highest BCUT2D eigenvalue weighted by atomic mass is 15.2. The minimum Gasteiger partial charge on any atom is -0.383 e. The fraction of sp³-hybridized carbons (Fsp3) is 0.667. The lowest BCUT2D eigenvalue weighted by Crippen LogP contribution is -2.34. The minimum absolute atomic E-state index is 0.553. The molecule has 3 nitrogen and oxygen atoms in total. The van der Waals surface area contributed by atoms with Crippen molar-refractivity contribution in [3.05, 3.63) is 23.4 Å². The third-order valence-corrected chi connectivity index (χ3v) is 3.94. The van der Waals surface area contributed by atoms with Crippen molar-refractivity contribution >= 4 is 5.82 Å². The second-order valence-corrected chi connectivity index (χ2v) is 5.37. The molecule has 0 amide bonds. The number of hydrogen-bond acceptors (Lipinski definition) is 3. The molecular weight excluding hydrogens is 222 g/mol. The number of piperidine rings is 1. The van der Waals surface area contributed by atoms with Crippen LogP contribution in [0.2, 0.25) is 0 Å². The van der Waals surface area contributed by atoms with Crippen LogP contribution in [0.25, 0.3) is 0 Å². The van der Waals surface area contributed by atoms with Crippen molar-refractivity contribution in [3.8, 4) is 0 Å². The molecule has 1 aromatic heterocycles. The zero-order valence-corrected chi connectivity index (χ0v) is 11.7. The van der Waals surface area contributed by atoms with E-state index >= 15 is 0 Å². The molecule has 0 radical (unpaired) electrons. The number of pyridine rings is 1. The molecule has 1 aromatic rings. The highest BCUT2D eigenvalue weighted by Crippen LogP contribution is 2.31. The smallest absolute Gasteiger partial charge is 0.126 e. The highest BCUT2D eigenvalue weighted by molar-refractivity contribution is 5.40. The van der Waals surface area contributed by atoms with Gasteiger partial charge in [-0.2, -0.15) is 0 Å². The first kappa shape index (κ1) is 13.3. The van der Waals surface area contributed by atoms with Gasteiger partial charge >= 0.3 is 0 Å². The number of nitrogens with zero attached hydrogens (tertiary/aromatic N) is 2. The van der Waals surface area contributed by atoms with Crippen molar-refractivity contribution in [2.75, 3.05) is 18.8 Å². The van der Waals surface area contributed by atoms with E-state index in [2.05, 4.69) is 22.9 Å². The summed E-state index contributed by atoms with van der Waals surface area (Å²) in [5, 5.41) is 0. The van der Waals surface area contributed by atoms with Crippen LogP contribution >= 0.6 is 0 Å². The van der Waals surface area contributed by atoms with Gasteiger partial charge in [-0.3, -0.25) is 4.90 Å². The van der Waals surface area contributed by atoms with Crippen LogP contribution in [-0.2, 0) is 0 Å². The lowest BCUT2D eigenvalue weighted by Gasteiger charge is -2.36. The Bertz CT molecular complexity index is 389. The summed E-state index contributed by atoms with van der Waals surface area (Å²) >= 11 is 0. The predicted molar refractivity (Wildman–Crippen MR) is 76.5 cm³/mol. The first-order valence-corrected chi connectivity index (χ1v) is 7.18. The third kappa shape index (κ3) is 3.02. The number of aromatic nitrogens is 1. The summed E-state index contributed by atoms with van der Waals surface area (Å²) in [5.74, 6) is 0.662. The standard InChI is InChI=1S/C15H25N3/c1-3-4-8-18-9-6-5-7-14(18)13-10-12(2)15(16)17-11-13/h10-11,14H,3-9H2,1-2H3,(H2,16,17). The third-order valence-electron chi connectivity index (χ3n) is 3.94. The minimum atomic E-state index is 0.553. The SMILES string of the molecule is CCCCN1CCCCC1c1cnc(N)c(C)c1. The fourth-order valence-electron chi connectivity index (χ4n) is 2.79. The Morgan fingerprint density at radius 2 is 2.28 bits per heavy atom. The van der Waals surface area contributed by atoms with Gasteiger partial charge in [-0.25, -0.2) is 4.98 Å². The molecule has 1 unspecified atom stereocenters. The molecule has 0 spiro atoms. The first-order valence-electron chi connectivity index (χ1n) is 7.18. The van der Waals surface area contributed by atoms with Crippen LogP contribution in [0.15, 0.2) is 12.3 Å². The maximum atomic E-state index is 5.81. The molecule has 2 heterocycles. The second kappa shape index (κ2) is 6.19. The van der Waals surface area contributed by atoms with Crippen LogP contribution in [0.1, 0.15) is 56.2 Å². The molecule has 1 saturated heterocycles. The Morgan fingerprint density at radius 1 is 1.44 bits per heavy atom. The first-order chi connectivity index (χ1) is 8.72. The van der Waals surface area contributed by atoms with Crippen LogP contribution < -0.4 is 5.73 Å². The van der Waals surface area contributed by atoms with E-state index in [1.807, 2.05) is 13.1 Å². The normalized spacial score (nSPS) is 21.1. The van der Waals surface area contributed by atoms with Gasteiger partial charge in [0.25, 0.3) is 0 Å². The molecule has 1 aliphatic rings. The van der Waals surface area contributed by atoms with Crippen molar-refractivity contribution in [2.45, 2.75) is 52.0 Å². The van der Waals surface area contributed by atoms with E-state index in [-0.39, 0.29) is 0 Å². The molecule has 18 heavy (non-hydrogen) atoms. The van der Waals surface area contributed by atoms with Crippen LogP contribution in [0.3, 0.4) is 0 Å². The summed E-state index contributed by atoms with van der Waals surface area (Å²) in [7, 11) is 0. The second-order valence-electron chi connectivity index (χ2n) is 5.37. The van der Waals surface area contributed by atoms with Crippen LogP contribution in [0, 0.1) is 6.92 Å². The largest absolute Gasteiger partial charge is 0.383 e. The van der Waals surface area contributed by atoms with E-state index in [1.54, 1.807) is 0 Å². The predicted octanol–water partition coefficient (Wildman–Crippen LogP) is 3.30. The van der Waals surface area contributed by atoms with Crippen LogP contribution in [-0.4, -0.2) is 23.0 Å². The molecule has 2 N–H and O–H groups in total. The number of aryl methyl sites for hydroxylation is 1. The van der Waals surface area contributed by atoms with Gasteiger partial charge in [0.05, 0.1) is 0 Å². The summed E-state index contributed by atoms with van der Waals surface area (Å²) in [6.07, 6.45) is 8.45. The van der Waals surface area contributed by atoms with Crippen LogP contribution in [0.4, 0.5) is 5.82 Å². The summed E-state index contributed by atoms with van der Waals surface area (Å²) < 4.78 is 0. The number of nitrogens with two attached hydrogens (primary N) is 1. The van der Waals surface area contributed by atoms with Crippen LogP contribution in [0.5, 0.6) is 0 Å². The Kier molecular flexibility index (Phi) is 4.59. The van der Waals surface area contributed by atoms with Gasteiger partial charge in [-0.05, 0) is 56.5 Å². The molecule has 2 rings (SSSR count). The molecule has 0 bridgehead atoms. The molecule has 0 aromatic carbocycles. The molecule has 1 aliphatic heterocycles. The number of hydrogen-bond donors (Lipinski definition) is 1. The van der Waals surface area contributed by atoms with Gasteiger partial charge in [-0.1, -0.05) is 19.8 Å². The summed E-state index contributed by atoms with van der Waals surface area (Å²) in [4.78, 5) is 6.94. The monoisotopic (exact) mass is 247 g/mol.